The lowest BCUT2D eigenvalue weighted by Gasteiger charge is -2.37. The number of halogens is 3. The third-order valence-corrected chi connectivity index (χ3v) is 3.28. The quantitative estimate of drug-likeness (QED) is 0.465. The molecule has 7 heteroatoms. The van der Waals surface area contributed by atoms with E-state index in [1.807, 2.05) is 0 Å². The van der Waals surface area contributed by atoms with Crippen LogP contribution >= 0.6 is 19.5 Å². The molecule has 0 aromatic rings. The molecule has 0 amide bonds. The third kappa shape index (κ3) is 1.79. The fourth-order valence-corrected chi connectivity index (χ4v) is 2.04. The lowest BCUT2D eigenvalue weighted by atomic mass is 9.95. The van der Waals surface area contributed by atoms with Gasteiger partial charge in [-0.3, -0.25) is 4.52 Å². The molecular weight excluding hydrogens is 212 g/mol. The van der Waals surface area contributed by atoms with Gasteiger partial charge in [-0.1, -0.05) is 25.4 Å². The number of rotatable bonds is 0. The zero-order valence-corrected chi connectivity index (χ0v) is 8.11. The number of hydrogen-bond acceptors (Lipinski definition) is 3. The summed E-state index contributed by atoms with van der Waals surface area (Å²) in [5.74, 6) is 0. The maximum Gasteiger partial charge on any atom is 0.517 e. The molecule has 0 aromatic heterocycles. The van der Waals surface area contributed by atoms with Crippen LogP contribution in [0.3, 0.4) is 0 Å². The molecule has 3 atom stereocenters. The summed E-state index contributed by atoms with van der Waals surface area (Å²) < 4.78 is 43.9. The van der Waals surface area contributed by atoms with E-state index in [-0.39, 0.29) is 0 Å². The Balaban J connectivity index is 2.85. The minimum Gasteiger partial charge on any atom is -0.263 e. The van der Waals surface area contributed by atoms with Gasteiger partial charge in [0.2, 0.25) is 6.36 Å². The smallest absolute Gasteiger partial charge is 0.263 e. The van der Waals surface area contributed by atoms with Crippen molar-refractivity contribution in [2.45, 2.75) is 25.8 Å². The second-order valence-corrected chi connectivity index (χ2v) is 4.77. The highest BCUT2D eigenvalue weighted by Crippen LogP contribution is 2.60. The average Bonchev–Trinajstić information content (AvgIpc) is 1.82. The van der Waals surface area contributed by atoms with Crippen LogP contribution in [0.1, 0.15) is 13.8 Å². The van der Waals surface area contributed by atoms with E-state index in [4.69, 9.17) is 11.6 Å². The van der Waals surface area contributed by atoms with Gasteiger partial charge in [0.05, 0.1) is 5.41 Å². The zero-order valence-electron chi connectivity index (χ0n) is 6.46. The van der Waals surface area contributed by atoms with Gasteiger partial charge in [-0.2, -0.15) is 0 Å². The van der Waals surface area contributed by atoms with Gasteiger partial charge in [-0.05, 0) is 0 Å². The van der Waals surface area contributed by atoms with Gasteiger partial charge in [-0.15, -0.1) is 4.20 Å². The molecule has 12 heavy (non-hydrogen) atoms. The van der Waals surface area contributed by atoms with Crippen molar-refractivity contribution in [3.8, 4) is 0 Å². The molecule has 3 unspecified atom stereocenters. The number of hydrogen-bond donors (Lipinski definition) is 0. The average molecular weight is 221 g/mol. The van der Waals surface area contributed by atoms with Gasteiger partial charge in [0.1, 0.15) is 0 Å². The Labute approximate surface area is 73.6 Å². The van der Waals surface area contributed by atoms with Gasteiger partial charge >= 0.3 is 7.91 Å². The Bertz CT molecular complexity index is 217. The summed E-state index contributed by atoms with van der Waals surface area (Å²) in [5, 5.41) is 0. The van der Waals surface area contributed by atoms with Crippen LogP contribution in [0, 0.1) is 5.41 Å². The fourth-order valence-electron chi connectivity index (χ4n) is 0.621. The zero-order chi connectivity index (χ0) is 9.57. The standard InChI is InChI=1S/C5H8ClF2O3P/c1-5(2)3(6)10-12(8,9)11-4(5)7/h3-4H,1-2H3. The Morgan fingerprint density at radius 3 is 2.42 bits per heavy atom. The molecule has 1 heterocycles. The Hall–Kier alpha value is 0.300. The molecular formula is C5H8ClF2O3P. The fraction of sp³-hybridized carbons (Fsp3) is 1.00. The molecule has 0 spiro atoms. The van der Waals surface area contributed by atoms with Crippen molar-refractivity contribution in [3.05, 3.63) is 0 Å². The molecule has 1 saturated heterocycles. The monoisotopic (exact) mass is 220 g/mol. The lowest BCUT2D eigenvalue weighted by Crippen LogP contribution is -2.40. The predicted molar refractivity (Wildman–Crippen MR) is 39.2 cm³/mol. The van der Waals surface area contributed by atoms with Crippen LogP contribution < -0.4 is 0 Å². The SMILES string of the molecule is CC1(C)C(F)OP(=O)(F)OC1Cl. The van der Waals surface area contributed by atoms with Gasteiger partial charge in [-0.25, -0.2) is 13.5 Å². The molecule has 1 fully saturated rings. The van der Waals surface area contributed by atoms with E-state index in [0.717, 1.165) is 0 Å². The molecule has 0 bridgehead atoms. The van der Waals surface area contributed by atoms with Crippen LogP contribution in [0.15, 0.2) is 0 Å². The normalized spacial score (nSPS) is 47.4. The highest BCUT2D eigenvalue weighted by Gasteiger charge is 2.51. The van der Waals surface area contributed by atoms with Crippen LogP contribution in [-0.2, 0) is 13.6 Å². The molecule has 1 rings (SSSR count). The van der Waals surface area contributed by atoms with Crippen LogP contribution in [0.4, 0.5) is 8.59 Å². The minimum atomic E-state index is -4.79. The Kier molecular flexibility index (Phi) is 2.52. The first-order valence-electron chi connectivity index (χ1n) is 3.20. The molecule has 0 N–H and O–H groups in total. The molecule has 1 aliphatic heterocycles. The second-order valence-electron chi connectivity index (χ2n) is 3.09. The molecule has 72 valence electrons. The first-order valence-corrected chi connectivity index (χ1v) is 5.07. The van der Waals surface area contributed by atoms with Crippen LogP contribution in [0.5, 0.6) is 0 Å². The molecule has 0 radical (unpaired) electrons. The molecule has 0 saturated carbocycles. The summed E-state index contributed by atoms with van der Waals surface area (Å²) >= 11 is 5.43. The van der Waals surface area contributed by atoms with Crippen LogP contribution in [0.25, 0.3) is 0 Å². The summed E-state index contributed by atoms with van der Waals surface area (Å²) in [6.45, 7) is 2.77. The number of alkyl halides is 2. The largest absolute Gasteiger partial charge is 0.517 e. The van der Waals surface area contributed by atoms with Gasteiger partial charge < -0.3 is 0 Å². The van der Waals surface area contributed by atoms with E-state index < -0.39 is 25.2 Å². The van der Waals surface area contributed by atoms with Crippen molar-refractivity contribution >= 4 is 19.5 Å². The summed E-state index contributed by atoms with van der Waals surface area (Å²) in [6.07, 6.45) is -2.02. The molecule has 1 aliphatic rings. The minimum absolute atomic E-state index is 1.21. The van der Waals surface area contributed by atoms with E-state index >= 15 is 0 Å². The molecule has 0 aliphatic carbocycles. The van der Waals surface area contributed by atoms with Crippen molar-refractivity contribution < 1.29 is 22.2 Å². The van der Waals surface area contributed by atoms with E-state index in [1.54, 1.807) is 0 Å². The topological polar surface area (TPSA) is 35.5 Å². The maximum atomic E-state index is 12.9. The van der Waals surface area contributed by atoms with Gasteiger partial charge in [0.25, 0.3) is 0 Å². The summed E-state index contributed by atoms with van der Waals surface area (Å²) in [6, 6.07) is 0. The van der Waals surface area contributed by atoms with Crippen molar-refractivity contribution in [1.29, 1.82) is 0 Å². The van der Waals surface area contributed by atoms with E-state index in [9.17, 15) is 13.2 Å². The molecule has 0 aromatic carbocycles. The first kappa shape index (κ1) is 10.4. The second kappa shape index (κ2) is 2.91. The van der Waals surface area contributed by atoms with Gasteiger partial charge in [0.15, 0.2) is 5.56 Å². The summed E-state index contributed by atoms with van der Waals surface area (Å²) in [7, 11) is -4.79. The van der Waals surface area contributed by atoms with Crippen LogP contribution in [-0.4, -0.2) is 11.9 Å². The Morgan fingerprint density at radius 2 is 2.00 bits per heavy atom. The third-order valence-electron chi connectivity index (χ3n) is 1.61. The molecule has 3 nitrogen and oxygen atoms in total. The van der Waals surface area contributed by atoms with Crippen molar-refractivity contribution in [3.63, 3.8) is 0 Å². The van der Waals surface area contributed by atoms with E-state index in [2.05, 4.69) is 9.05 Å². The lowest BCUT2D eigenvalue weighted by molar-refractivity contribution is -0.119. The van der Waals surface area contributed by atoms with E-state index in [0.29, 0.717) is 0 Å². The summed E-state index contributed by atoms with van der Waals surface area (Å²) in [5.41, 5.74) is -2.50. The van der Waals surface area contributed by atoms with Crippen molar-refractivity contribution in [1.82, 2.24) is 0 Å². The van der Waals surface area contributed by atoms with Crippen molar-refractivity contribution in [2.24, 2.45) is 5.41 Å². The highest BCUT2D eigenvalue weighted by molar-refractivity contribution is 7.48. The Morgan fingerprint density at radius 1 is 1.50 bits per heavy atom. The van der Waals surface area contributed by atoms with E-state index in [1.165, 1.54) is 13.8 Å². The maximum absolute atomic E-state index is 12.9. The first-order chi connectivity index (χ1) is 5.26. The predicted octanol–water partition coefficient (Wildman–Crippen LogP) is 3.00. The van der Waals surface area contributed by atoms with Gasteiger partial charge in [0, 0.05) is 0 Å². The van der Waals surface area contributed by atoms with Crippen LogP contribution in [0.2, 0.25) is 0 Å². The van der Waals surface area contributed by atoms with Crippen molar-refractivity contribution in [2.75, 3.05) is 0 Å². The summed E-state index contributed by atoms with van der Waals surface area (Å²) in [4.78, 5) is 0. The highest BCUT2D eigenvalue weighted by atomic mass is 35.5.